The first-order valence-electron chi connectivity index (χ1n) is 8.34. The van der Waals surface area contributed by atoms with Crippen molar-refractivity contribution < 1.29 is 14.3 Å². The summed E-state index contributed by atoms with van der Waals surface area (Å²) in [5.74, 6) is 0.614. The Balaban J connectivity index is 1.64. The Bertz CT molecular complexity index is 762. The van der Waals surface area contributed by atoms with Gasteiger partial charge in [0, 0.05) is 43.5 Å². The van der Waals surface area contributed by atoms with Gasteiger partial charge >= 0.3 is 0 Å². The van der Waals surface area contributed by atoms with Crippen molar-refractivity contribution in [3.8, 4) is 5.75 Å². The Hall–Kier alpha value is -2.89. The number of aryl methyl sites for hydroxylation is 1. The third kappa shape index (κ3) is 4.15. The number of benzene rings is 1. The summed E-state index contributed by atoms with van der Waals surface area (Å²) in [5.41, 5.74) is 2.43. The standard InChI is InChI=1S/C19H21N3O3/c1-25-17-12-15(7-8-16(17)22-11-3-5-19(22)24)21-18(23)9-6-14-4-2-10-20-13-14/h2,4,7-8,10,12-13H,3,5-6,9,11H2,1H3,(H,21,23). The van der Waals surface area contributed by atoms with Gasteiger partial charge in [-0.2, -0.15) is 0 Å². The predicted octanol–water partition coefficient (Wildman–Crippen LogP) is 2.79. The van der Waals surface area contributed by atoms with Crippen LogP contribution >= 0.6 is 0 Å². The van der Waals surface area contributed by atoms with Crippen LogP contribution in [0.25, 0.3) is 0 Å². The first-order valence-corrected chi connectivity index (χ1v) is 8.34. The normalized spacial score (nSPS) is 13.8. The van der Waals surface area contributed by atoms with Crippen LogP contribution < -0.4 is 15.0 Å². The molecule has 0 atom stereocenters. The lowest BCUT2D eigenvalue weighted by molar-refractivity contribution is -0.117. The van der Waals surface area contributed by atoms with Crippen LogP contribution in [-0.2, 0) is 16.0 Å². The largest absolute Gasteiger partial charge is 0.494 e. The van der Waals surface area contributed by atoms with Gasteiger partial charge in [0.1, 0.15) is 5.75 Å². The molecule has 3 rings (SSSR count). The highest BCUT2D eigenvalue weighted by atomic mass is 16.5. The molecule has 0 bridgehead atoms. The van der Waals surface area contributed by atoms with Crippen molar-refractivity contribution in [2.24, 2.45) is 0 Å². The summed E-state index contributed by atoms with van der Waals surface area (Å²) >= 11 is 0. The molecular weight excluding hydrogens is 318 g/mol. The van der Waals surface area contributed by atoms with Crippen LogP contribution in [0.3, 0.4) is 0 Å². The molecule has 25 heavy (non-hydrogen) atoms. The summed E-state index contributed by atoms with van der Waals surface area (Å²) in [6, 6.07) is 9.18. The number of nitrogens with one attached hydrogen (secondary N) is 1. The van der Waals surface area contributed by atoms with E-state index < -0.39 is 0 Å². The summed E-state index contributed by atoms with van der Waals surface area (Å²) in [5, 5.41) is 2.87. The number of hydrogen-bond acceptors (Lipinski definition) is 4. The summed E-state index contributed by atoms with van der Waals surface area (Å²) < 4.78 is 5.40. The third-order valence-electron chi connectivity index (χ3n) is 4.19. The number of nitrogens with zero attached hydrogens (tertiary/aromatic N) is 2. The van der Waals surface area contributed by atoms with E-state index in [9.17, 15) is 9.59 Å². The molecule has 2 amide bonds. The highest BCUT2D eigenvalue weighted by Gasteiger charge is 2.24. The second-order valence-electron chi connectivity index (χ2n) is 5.95. The molecule has 1 aromatic heterocycles. The second kappa shape index (κ2) is 7.79. The van der Waals surface area contributed by atoms with Crippen LogP contribution in [0.15, 0.2) is 42.7 Å². The SMILES string of the molecule is COc1cc(NC(=O)CCc2cccnc2)ccc1N1CCCC1=O. The highest BCUT2D eigenvalue weighted by molar-refractivity contribution is 5.98. The molecular formula is C19H21N3O3. The molecule has 6 nitrogen and oxygen atoms in total. The fourth-order valence-electron chi connectivity index (χ4n) is 2.91. The maximum Gasteiger partial charge on any atom is 0.227 e. The zero-order valence-corrected chi connectivity index (χ0v) is 14.2. The van der Waals surface area contributed by atoms with Crippen LogP contribution in [0, 0.1) is 0 Å². The lowest BCUT2D eigenvalue weighted by Gasteiger charge is -2.19. The lowest BCUT2D eigenvalue weighted by atomic mass is 10.1. The number of carbonyl (C=O) groups excluding carboxylic acids is 2. The van der Waals surface area contributed by atoms with E-state index in [2.05, 4.69) is 10.3 Å². The molecule has 1 aliphatic heterocycles. The van der Waals surface area contributed by atoms with Crippen LogP contribution in [0.1, 0.15) is 24.8 Å². The van der Waals surface area contributed by atoms with E-state index in [1.807, 2.05) is 18.2 Å². The number of pyridine rings is 1. The summed E-state index contributed by atoms with van der Waals surface area (Å²) in [6.45, 7) is 0.700. The van der Waals surface area contributed by atoms with E-state index in [-0.39, 0.29) is 11.8 Å². The first-order chi connectivity index (χ1) is 12.2. The van der Waals surface area contributed by atoms with Crippen molar-refractivity contribution in [1.82, 2.24) is 4.98 Å². The monoisotopic (exact) mass is 339 g/mol. The van der Waals surface area contributed by atoms with Gasteiger partial charge in [0.25, 0.3) is 0 Å². The third-order valence-corrected chi connectivity index (χ3v) is 4.19. The first kappa shape index (κ1) is 17.0. The van der Waals surface area contributed by atoms with Crippen LogP contribution in [0.2, 0.25) is 0 Å². The molecule has 2 heterocycles. The fraction of sp³-hybridized carbons (Fsp3) is 0.316. The van der Waals surface area contributed by atoms with Gasteiger partial charge in [-0.15, -0.1) is 0 Å². The molecule has 1 fully saturated rings. The molecule has 1 aromatic carbocycles. The fourth-order valence-corrected chi connectivity index (χ4v) is 2.91. The van der Waals surface area contributed by atoms with Crippen molar-refractivity contribution in [2.75, 3.05) is 23.9 Å². The number of anilines is 2. The summed E-state index contributed by atoms with van der Waals surface area (Å²) in [7, 11) is 1.56. The Morgan fingerprint density at radius 1 is 1.36 bits per heavy atom. The van der Waals surface area contributed by atoms with E-state index in [4.69, 9.17) is 4.74 Å². The van der Waals surface area contributed by atoms with Gasteiger partial charge in [0.2, 0.25) is 11.8 Å². The molecule has 1 aliphatic rings. The molecule has 1 N–H and O–H groups in total. The Morgan fingerprint density at radius 3 is 2.92 bits per heavy atom. The minimum absolute atomic E-state index is 0.0732. The lowest BCUT2D eigenvalue weighted by Crippen LogP contribution is -2.24. The molecule has 0 radical (unpaired) electrons. The second-order valence-corrected chi connectivity index (χ2v) is 5.95. The van der Waals surface area contributed by atoms with Gasteiger partial charge in [0.05, 0.1) is 12.8 Å². The maximum absolute atomic E-state index is 12.1. The van der Waals surface area contributed by atoms with E-state index in [0.717, 1.165) is 17.7 Å². The van der Waals surface area contributed by atoms with Gasteiger partial charge in [-0.05, 0) is 36.6 Å². The zero-order chi connectivity index (χ0) is 17.6. The van der Waals surface area contributed by atoms with E-state index in [1.54, 1.807) is 36.5 Å². The van der Waals surface area contributed by atoms with Gasteiger partial charge in [-0.3, -0.25) is 14.6 Å². The number of hydrogen-bond donors (Lipinski definition) is 1. The van der Waals surface area contributed by atoms with Crippen molar-refractivity contribution in [3.05, 3.63) is 48.3 Å². The van der Waals surface area contributed by atoms with Crippen LogP contribution in [-0.4, -0.2) is 30.5 Å². The van der Waals surface area contributed by atoms with Crippen molar-refractivity contribution in [3.63, 3.8) is 0 Å². The van der Waals surface area contributed by atoms with E-state index in [0.29, 0.717) is 37.2 Å². The van der Waals surface area contributed by atoms with Crippen molar-refractivity contribution >= 4 is 23.2 Å². The number of carbonyl (C=O) groups is 2. The van der Waals surface area contributed by atoms with Gasteiger partial charge < -0.3 is 15.0 Å². The predicted molar refractivity (Wildman–Crippen MR) is 95.8 cm³/mol. The minimum Gasteiger partial charge on any atom is -0.494 e. The molecule has 0 aliphatic carbocycles. The summed E-state index contributed by atoms with van der Waals surface area (Å²) in [6.07, 6.45) is 5.91. The quantitative estimate of drug-likeness (QED) is 0.878. The summed E-state index contributed by atoms with van der Waals surface area (Å²) in [4.78, 5) is 29.8. The minimum atomic E-state index is -0.0732. The Kier molecular flexibility index (Phi) is 5.28. The zero-order valence-electron chi connectivity index (χ0n) is 14.2. The number of amides is 2. The Morgan fingerprint density at radius 2 is 2.24 bits per heavy atom. The molecule has 0 unspecified atom stereocenters. The van der Waals surface area contributed by atoms with Crippen LogP contribution in [0.4, 0.5) is 11.4 Å². The topological polar surface area (TPSA) is 71.5 Å². The van der Waals surface area contributed by atoms with Crippen molar-refractivity contribution in [2.45, 2.75) is 25.7 Å². The molecule has 6 heteroatoms. The average Bonchev–Trinajstić information content (AvgIpc) is 3.06. The van der Waals surface area contributed by atoms with Gasteiger partial charge in [-0.25, -0.2) is 0 Å². The molecule has 2 aromatic rings. The molecule has 0 spiro atoms. The van der Waals surface area contributed by atoms with E-state index >= 15 is 0 Å². The number of aromatic nitrogens is 1. The Labute approximate surface area is 146 Å². The van der Waals surface area contributed by atoms with Crippen molar-refractivity contribution in [1.29, 1.82) is 0 Å². The van der Waals surface area contributed by atoms with Gasteiger partial charge in [0.15, 0.2) is 0 Å². The average molecular weight is 339 g/mol. The molecule has 1 saturated heterocycles. The smallest absolute Gasteiger partial charge is 0.227 e. The van der Waals surface area contributed by atoms with E-state index in [1.165, 1.54) is 0 Å². The number of ether oxygens (including phenoxy) is 1. The number of rotatable bonds is 6. The highest BCUT2D eigenvalue weighted by Crippen LogP contribution is 2.33. The number of methoxy groups -OCH3 is 1. The molecule has 130 valence electrons. The maximum atomic E-state index is 12.1. The van der Waals surface area contributed by atoms with Crippen LogP contribution in [0.5, 0.6) is 5.75 Å². The molecule has 0 saturated carbocycles. The van der Waals surface area contributed by atoms with Gasteiger partial charge in [-0.1, -0.05) is 6.07 Å².